The lowest BCUT2D eigenvalue weighted by Crippen LogP contribution is -1.99. The van der Waals surface area contributed by atoms with Crippen LogP contribution in [0, 0.1) is 5.82 Å². The van der Waals surface area contributed by atoms with E-state index in [9.17, 15) is 9.50 Å². The Hall–Kier alpha value is -1.38. The first-order valence-corrected chi connectivity index (χ1v) is 5.23. The quantitative estimate of drug-likeness (QED) is 0.845. The van der Waals surface area contributed by atoms with Gasteiger partial charge in [-0.3, -0.25) is 0 Å². The molecule has 0 aliphatic rings. The van der Waals surface area contributed by atoms with Crippen LogP contribution < -0.4 is 0 Å². The summed E-state index contributed by atoms with van der Waals surface area (Å²) in [6.07, 6.45) is -0.852. The molecule has 2 aromatic rings. The number of hydrogen-bond acceptors (Lipinski definition) is 1. The van der Waals surface area contributed by atoms with Crippen molar-refractivity contribution >= 4 is 11.6 Å². The molecular weight excluding hydrogens is 227 g/mol. The molecule has 1 N–H and O–H groups in total. The van der Waals surface area contributed by atoms with Gasteiger partial charge in [0.2, 0.25) is 0 Å². The third-order valence-electron chi connectivity index (χ3n) is 2.33. The second kappa shape index (κ2) is 4.64. The van der Waals surface area contributed by atoms with Gasteiger partial charge in [0.25, 0.3) is 0 Å². The molecule has 0 saturated carbocycles. The zero-order valence-electron chi connectivity index (χ0n) is 8.40. The van der Waals surface area contributed by atoms with Crippen LogP contribution in [0.5, 0.6) is 0 Å². The molecule has 0 aliphatic heterocycles. The Morgan fingerprint density at radius 2 is 1.62 bits per heavy atom. The molecule has 0 unspecified atom stereocenters. The van der Waals surface area contributed by atoms with Crippen LogP contribution in [-0.4, -0.2) is 5.11 Å². The van der Waals surface area contributed by atoms with Gasteiger partial charge in [0.15, 0.2) is 0 Å². The smallest absolute Gasteiger partial charge is 0.123 e. The SMILES string of the molecule is O[C@@H](c1cccc(F)c1)c1cccc(Cl)c1. The van der Waals surface area contributed by atoms with Gasteiger partial charge >= 0.3 is 0 Å². The summed E-state index contributed by atoms with van der Waals surface area (Å²) in [5.41, 5.74) is 1.17. The number of halogens is 2. The topological polar surface area (TPSA) is 20.2 Å². The van der Waals surface area contributed by atoms with E-state index in [4.69, 9.17) is 11.6 Å². The molecule has 0 heterocycles. The molecule has 2 rings (SSSR count). The highest BCUT2D eigenvalue weighted by molar-refractivity contribution is 6.30. The van der Waals surface area contributed by atoms with Crippen LogP contribution in [0.3, 0.4) is 0 Å². The maximum atomic E-state index is 13.0. The monoisotopic (exact) mass is 236 g/mol. The van der Waals surface area contributed by atoms with Crippen LogP contribution in [0.25, 0.3) is 0 Å². The van der Waals surface area contributed by atoms with Gasteiger partial charge in [0, 0.05) is 5.02 Å². The van der Waals surface area contributed by atoms with E-state index in [2.05, 4.69) is 0 Å². The zero-order chi connectivity index (χ0) is 11.5. The first kappa shape index (κ1) is 11.1. The summed E-state index contributed by atoms with van der Waals surface area (Å²) in [5, 5.41) is 10.6. The van der Waals surface area contributed by atoms with E-state index in [1.165, 1.54) is 12.1 Å². The molecule has 0 fully saturated rings. The molecule has 0 aromatic heterocycles. The van der Waals surface area contributed by atoms with E-state index in [1.807, 2.05) is 0 Å². The first-order chi connectivity index (χ1) is 7.66. The average Bonchev–Trinajstić information content (AvgIpc) is 2.28. The molecule has 0 aliphatic carbocycles. The van der Waals surface area contributed by atoms with Gasteiger partial charge in [-0.15, -0.1) is 0 Å². The Balaban J connectivity index is 2.35. The van der Waals surface area contributed by atoms with Crippen molar-refractivity contribution in [2.24, 2.45) is 0 Å². The third-order valence-corrected chi connectivity index (χ3v) is 2.56. The van der Waals surface area contributed by atoms with Crippen molar-refractivity contribution in [2.45, 2.75) is 6.10 Å². The van der Waals surface area contributed by atoms with Crippen molar-refractivity contribution in [3.63, 3.8) is 0 Å². The molecule has 2 aromatic carbocycles. The molecular formula is C13H10ClFO. The number of rotatable bonds is 2. The van der Waals surface area contributed by atoms with E-state index in [-0.39, 0.29) is 5.82 Å². The normalized spacial score (nSPS) is 12.4. The van der Waals surface area contributed by atoms with Crippen LogP contribution in [-0.2, 0) is 0 Å². The van der Waals surface area contributed by atoms with Gasteiger partial charge in [-0.1, -0.05) is 35.9 Å². The Bertz CT molecular complexity index is 453. The van der Waals surface area contributed by atoms with Gasteiger partial charge in [-0.25, -0.2) is 4.39 Å². The van der Waals surface area contributed by atoms with Crippen molar-refractivity contribution < 1.29 is 9.50 Å². The fraction of sp³-hybridized carbons (Fsp3) is 0.0769. The summed E-state index contributed by atoms with van der Waals surface area (Å²) in [6.45, 7) is 0. The van der Waals surface area contributed by atoms with Crippen molar-refractivity contribution in [3.05, 3.63) is 70.5 Å². The van der Waals surface area contributed by atoms with E-state index in [0.29, 0.717) is 16.1 Å². The van der Waals surface area contributed by atoms with Gasteiger partial charge in [0.1, 0.15) is 11.9 Å². The minimum Gasteiger partial charge on any atom is -0.384 e. The second-order valence-electron chi connectivity index (χ2n) is 3.51. The molecule has 0 bridgehead atoms. The second-order valence-corrected chi connectivity index (χ2v) is 3.95. The standard InChI is InChI=1S/C13H10ClFO/c14-11-5-1-3-9(7-11)13(16)10-4-2-6-12(15)8-10/h1-8,13,16H/t13-/m1/s1. The van der Waals surface area contributed by atoms with Crippen LogP contribution in [0.1, 0.15) is 17.2 Å². The van der Waals surface area contributed by atoms with E-state index in [1.54, 1.807) is 36.4 Å². The lowest BCUT2D eigenvalue weighted by atomic mass is 10.0. The summed E-state index contributed by atoms with van der Waals surface area (Å²) < 4.78 is 13.0. The van der Waals surface area contributed by atoms with Gasteiger partial charge < -0.3 is 5.11 Å². The summed E-state index contributed by atoms with van der Waals surface area (Å²) in [4.78, 5) is 0. The molecule has 16 heavy (non-hydrogen) atoms. The maximum absolute atomic E-state index is 13.0. The molecule has 0 saturated heterocycles. The third kappa shape index (κ3) is 2.40. The van der Waals surface area contributed by atoms with Gasteiger partial charge in [-0.2, -0.15) is 0 Å². The molecule has 0 radical (unpaired) electrons. The average molecular weight is 237 g/mol. The molecule has 0 amide bonds. The van der Waals surface area contributed by atoms with Gasteiger partial charge in [0.05, 0.1) is 0 Å². The van der Waals surface area contributed by atoms with Crippen LogP contribution in [0.4, 0.5) is 4.39 Å². The summed E-state index contributed by atoms with van der Waals surface area (Å²) >= 11 is 5.82. The fourth-order valence-corrected chi connectivity index (χ4v) is 1.74. The summed E-state index contributed by atoms with van der Waals surface area (Å²) in [5.74, 6) is -0.362. The number of aliphatic hydroxyl groups excluding tert-OH is 1. The van der Waals surface area contributed by atoms with Crippen LogP contribution in [0.2, 0.25) is 5.02 Å². The number of hydrogen-bond donors (Lipinski definition) is 1. The first-order valence-electron chi connectivity index (χ1n) is 4.86. The van der Waals surface area contributed by atoms with Gasteiger partial charge in [-0.05, 0) is 35.4 Å². The lowest BCUT2D eigenvalue weighted by Gasteiger charge is -2.11. The summed E-state index contributed by atoms with van der Waals surface area (Å²) in [7, 11) is 0. The predicted octanol–water partition coefficient (Wildman–Crippen LogP) is 3.56. The van der Waals surface area contributed by atoms with Crippen LogP contribution in [0.15, 0.2) is 48.5 Å². The Kier molecular flexibility index (Phi) is 3.22. The van der Waals surface area contributed by atoms with E-state index >= 15 is 0 Å². The molecule has 1 nitrogen and oxygen atoms in total. The van der Waals surface area contributed by atoms with Crippen molar-refractivity contribution in [1.29, 1.82) is 0 Å². The highest BCUT2D eigenvalue weighted by atomic mass is 35.5. The predicted molar refractivity (Wildman–Crippen MR) is 61.9 cm³/mol. The zero-order valence-corrected chi connectivity index (χ0v) is 9.16. The Morgan fingerprint density at radius 1 is 1.00 bits per heavy atom. The van der Waals surface area contributed by atoms with Crippen molar-refractivity contribution in [1.82, 2.24) is 0 Å². The van der Waals surface area contributed by atoms with Crippen molar-refractivity contribution in [3.8, 4) is 0 Å². The fourth-order valence-electron chi connectivity index (χ4n) is 1.55. The van der Waals surface area contributed by atoms with Crippen molar-refractivity contribution in [2.75, 3.05) is 0 Å². The number of benzene rings is 2. The largest absolute Gasteiger partial charge is 0.384 e. The Labute approximate surface area is 98.1 Å². The van der Waals surface area contributed by atoms with E-state index < -0.39 is 6.10 Å². The lowest BCUT2D eigenvalue weighted by molar-refractivity contribution is 0.220. The van der Waals surface area contributed by atoms with Crippen LogP contribution >= 0.6 is 11.6 Å². The Morgan fingerprint density at radius 3 is 2.25 bits per heavy atom. The van der Waals surface area contributed by atoms with E-state index in [0.717, 1.165) is 0 Å². The maximum Gasteiger partial charge on any atom is 0.123 e. The summed E-state index contributed by atoms with van der Waals surface area (Å²) in [6, 6.07) is 12.8. The minimum atomic E-state index is -0.852. The number of aliphatic hydroxyl groups is 1. The molecule has 1 atom stereocenters. The highest BCUT2D eigenvalue weighted by Gasteiger charge is 2.10. The highest BCUT2D eigenvalue weighted by Crippen LogP contribution is 2.24. The molecule has 82 valence electrons. The minimum absolute atomic E-state index is 0.362. The molecule has 0 spiro atoms. The molecule has 3 heteroatoms.